The minimum absolute atomic E-state index is 0.129. The average Bonchev–Trinajstić information content (AvgIpc) is 3.13. The summed E-state index contributed by atoms with van der Waals surface area (Å²) in [4.78, 5) is 12.2. The number of rotatable bonds is 8. The van der Waals surface area contributed by atoms with E-state index in [1.807, 2.05) is 30.3 Å². The van der Waals surface area contributed by atoms with Gasteiger partial charge in [-0.1, -0.05) is 35.4 Å². The third kappa shape index (κ3) is 5.96. The normalized spacial score (nSPS) is 14.1. The molecule has 1 heterocycles. The number of benzene rings is 1. The summed E-state index contributed by atoms with van der Waals surface area (Å²) in [6.45, 7) is 0.673. The SMILES string of the molecule is O=C(NCCC1=CCCCC1)c1ccc(CSCc2ccc(Cl)cc2)o1. The van der Waals surface area contributed by atoms with Crippen molar-refractivity contribution in [3.05, 3.63) is 70.2 Å². The van der Waals surface area contributed by atoms with Crippen LogP contribution in [0.3, 0.4) is 0 Å². The Morgan fingerprint density at radius 2 is 1.96 bits per heavy atom. The van der Waals surface area contributed by atoms with Gasteiger partial charge in [0, 0.05) is 17.3 Å². The standard InChI is InChI=1S/C21H24ClNO2S/c22-18-8-6-17(7-9-18)14-26-15-19-10-11-20(25-19)21(24)23-13-12-16-4-2-1-3-5-16/h4,6-11H,1-3,5,12-15H2,(H,23,24). The summed E-state index contributed by atoms with van der Waals surface area (Å²) < 4.78 is 5.68. The number of furan rings is 1. The van der Waals surface area contributed by atoms with Crippen molar-refractivity contribution in [2.45, 2.75) is 43.6 Å². The second kappa shape index (κ2) is 9.89. The van der Waals surface area contributed by atoms with Crippen LogP contribution in [-0.4, -0.2) is 12.5 Å². The van der Waals surface area contributed by atoms with Crippen LogP contribution < -0.4 is 5.32 Å². The van der Waals surface area contributed by atoms with Gasteiger partial charge in [-0.05, 0) is 61.9 Å². The minimum atomic E-state index is -0.129. The molecule has 0 radical (unpaired) electrons. The number of allylic oxidation sites excluding steroid dienone is 1. The Hall–Kier alpha value is -1.65. The molecule has 1 aromatic heterocycles. The van der Waals surface area contributed by atoms with Crippen LogP contribution >= 0.6 is 23.4 Å². The number of carbonyl (C=O) groups excluding carboxylic acids is 1. The molecule has 138 valence electrons. The van der Waals surface area contributed by atoms with Gasteiger partial charge in [0.2, 0.25) is 0 Å². The zero-order chi connectivity index (χ0) is 18.2. The molecule has 1 N–H and O–H groups in total. The van der Waals surface area contributed by atoms with Crippen LogP contribution in [-0.2, 0) is 11.5 Å². The van der Waals surface area contributed by atoms with E-state index in [1.54, 1.807) is 17.8 Å². The topological polar surface area (TPSA) is 42.2 Å². The fourth-order valence-electron chi connectivity index (χ4n) is 2.98. The maximum absolute atomic E-state index is 12.2. The lowest BCUT2D eigenvalue weighted by Gasteiger charge is -2.12. The summed E-state index contributed by atoms with van der Waals surface area (Å²) in [6.07, 6.45) is 8.18. The predicted molar refractivity (Wildman–Crippen MR) is 109 cm³/mol. The predicted octanol–water partition coefficient (Wildman–Crippen LogP) is 5.99. The van der Waals surface area contributed by atoms with Gasteiger partial charge in [0.05, 0.1) is 5.75 Å². The number of hydrogen-bond donors (Lipinski definition) is 1. The Bertz CT molecular complexity index is 752. The summed E-state index contributed by atoms with van der Waals surface area (Å²) in [5.74, 6) is 2.71. The van der Waals surface area contributed by atoms with Gasteiger partial charge < -0.3 is 9.73 Å². The van der Waals surface area contributed by atoms with Gasteiger partial charge in [0.1, 0.15) is 5.76 Å². The summed E-state index contributed by atoms with van der Waals surface area (Å²) in [5.41, 5.74) is 2.69. The quantitative estimate of drug-likeness (QED) is 0.564. The minimum Gasteiger partial charge on any atom is -0.455 e. The van der Waals surface area contributed by atoms with Gasteiger partial charge in [0.25, 0.3) is 5.91 Å². The molecular weight excluding hydrogens is 366 g/mol. The molecule has 0 unspecified atom stereocenters. The van der Waals surface area contributed by atoms with E-state index in [0.29, 0.717) is 12.3 Å². The molecular formula is C21H24ClNO2S. The van der Waals surface area contributed by atoms with E-state index >= 15 is 0 Å². The van der Waals surface area contributed by atoms with E-state index in [4.69, 9.17) is 16.0 Å². The van der Waals surface area contributed by atoms with Gasteiger partial charge in [-0.25, -0.2) is 0 Å². The Morgan fingerprint density at radius 3 is 2.73 bits per heavy atom. The Morgan fingerprint density at radius 1 is 1.12 bits per heavy atom. The number of nitrogens with one attached hydrogen (secondary N) is 1. The smallest absolute Gasteiger partial charge is 0.287 e. The van der Waals surface area contributed by atoms with E-state index in [1.165, 1.54) is 36.8 Å². The van der Waals surface area contributed by atoms with Crippen molar-refractivity contribution in [3.63, 3.8) is 0 Å². The van der Waals surface area contributed by atoms with Crippen molar-refractivity contribution in [1.82, 2.24) is 5.32 Å². The summed E-state index contributed by atoms with van der Waals surface area (Å²) in [7, 11) is 0. The lowest BCUT2D eigenvalue weighted by atomic mass is 9.97. The van der Waals surface area contributed by atoms with E-state index in [2.05, 4.69) is 11.4 Å². The molecule has 2 aromatic rings. The molecule has 3 nitrogen and oxygen atoms in total. The van der Waals surface area contributed by atoms with E-state index in [-0.39, 0.29) is 5.91 Å². The Balaban J connectivity index is 1.39. The molecule has 26 heavy (non-hydrogen) atoms. The monoisotopic (exact) mass is 389 g/mol. The first-order chi connectivity index (χ1) is 12.7. The number of carbonyl (C=O) groups is 1. The Labute approximate surface area is 164 Å². The number of amides is 1. The third-order valence-corrected chi connectivity index (χ3v) is 5.71. The summed E-state index contributed by atoms with van der Waals surface area (Å²) >= 11 is 7.64. The van der Waals surface area contributed by atoms with E-state index in [9.17, 15) is 4.79 Å². The molecule has 1 aromatic carbocycles. The fourth-order valence-corrected chi connectivity index (χ4v) is 4.00. The van der Waals surface area contributed by atoms with Gasteiger partial charge in [0.15, 0.2) is 5.76 Å². The van der Waals surface area contributed by atoms with Crippen molar-refractivity contribution >= 4 is 29.3 Å². The van der Waals surface area contributed by atoms with Crippen LogP contribution in [0.5, 0.6) is 0 Å². The van der Waals surface area contributed by atoms with Gasteiger partial charge in [-0.15, -0.1) is 11.8 Å². The van der Waals surface area contributed by atoms with Crippen LogP contribution in [0.25, 0.3) is 0 Å². The molecule has 1 aliphatic rings. The molecule has 1 aliphatic carbocycles. The molecule has 3 rings (SSSR count). The molecule has 0 spiro atoms. The highest BCUT2D eigenvalue weighted by Crippen LogP contribution is 2.21. The van der Waals surface area contributed by atoms with Gasteiger partial charge in [-0.2, -0.15) is 0 Å². The van der Waals surface area contributed by atoms with E-state index in [0.717, 1.165) is 28.7 Å². The molecule has 0 atom stereocenters. The highest BCUT2D eigenvalue weighted by molar-refractivity contribution is 7.97. The molecule has 0 aliphatic heterocycles. The van der Waals surface area contributed by atoms with Crippen LogP contribution in [0.2, 0.25) is 5.02 Å². The zero-order valence-corrected chi connectivity index (χ0v) is 16.4. The molecule has 0 bridgehead atoms. The van der Waals surface area contributed by atoms with Gasteiger partial charge >= 0.3 is 0 Å². The molecule has 5 heteroatoms. The highest BCUT2D eigenvalue weighted by atomic mass is 35.5. The second-order valence-corrected chi connectivity index (χ2v) is 7.92. The molecule has 0 saturated carbocycles. The molecule has 0 fully saturated rings. The second-order valence-electron chi connectivity index (χ2n) is 6.50. The zero-order valence-electron chi connectivity index (χ0n) is 14.8. The molecule has 1 amide bonds. The van der Waals surface area contributed by atoms with Crippen LogP contribution in [0.4, 0.5) is 0 Å². The first kappa shape index (κ1) is 19.1. The third-order valence-electron chi connectivity index (χ3n) is 4.43. The van der Waals surface area contributed by atoms with Crippen molar-refractivity contribution in [2.24, 2.45) is 0 Å². The lowest BCUT2D eigenvalue weighted by molar-refractivity contribution is 0.0925. The highest BCUT2D eigenvalue weighted by Gasteiger charge is 2.11. The number of hydrogen-bond acceptors (Lipinski definition) is 3. The summed E-state index contributed by atoms with van der Waals surface area (Å²) in [6, 6.07) is 11.5. The lowest BCUT2D eigenvalue weighted by Crippen LogP contribution is -2.24. The van der Waals surface area contributed by atoms with Crippen LogP contribution in [0.15, 0.2) is 52.5 Å². The van der Waals surface area contributed by atoms with Crippen molar-refractivity contribution in [2.75, 3.05) is 6.54 Å². The van der Waals surface area contributed by atoms with Crippen molar-refractivity contribution in [1.29, 1.82) is 0 Å². The fraction of sp³-hybridized carbons (Fsp3) is 0.381. The van der Waals surface area contributed by atoms with Gasteiger partial charge in [-0.3, -0.25) is 4.79 Å². The van der Waals surface area contributed by atoms with Crippen LogP contribution in [0, 0.1) is 0 Å². The maximum atomic E-state index is 12.2. The van der Waals surface area contributed by atoms with Crippen molar-refractivity contribution in [3.8, 4) is 0 Å². The first-order valence-corrected chi connectivity index (χ1v) is 10.6. The maximum Gasteiger partial charge on any atom is 0.287 e. The number of thioether (sulfide) groups is 1. The Kier molecular flexibility index (Phi) is 7.27. The molecule has 0 saturated heterocycles. The first-order valence-electron chi connectivity index (χ1n) is 9.08. The van der Waals surface area contributed by atoms with Crippen molar-refractivity contribution < 1.29 is 9.21 Å². The summed E-state index contributed by atoms with van der Waals surface area (Å²) in [5, 5.41) is 3.70. The number of halogens is 1. The largest absolute Gasteiger partial charge is 0.455 e. The average molecular weight is 390 g/mol. The van der Waals surface area contributed by atoms with Crippen LogP contribution in [0.1, 0.15) is 54.0 Å². The van der Waals surface area contributed by atoms with E-state index < -0.39 is 0 Å².